The van der Waals surface area contributed by atoms with Crippen LogP contribution in [0.15, 0.2) is 12.1 Å². The number of piperidine rings is 1. The number of aryl methyl sites for hydroxylation is 2. The number of nitrogens with zero attached hydrogens (tertiary/aromatic N) is 1. The molecular weight excluding hydrogens is 282 g/mol. The van der Waals surface area contributed by atoms with Gasteiger partial charge in [-0.1, -0.05) is 6.07 Å². The van der Waals surface area contributed by atoms with Crippen molar-refractivity contribution in [2.45, 2.75) is 33.6 Å². The van der Waals surface area contributed by atoms with E-state index in [1.165, 1.54) is 0 Å². The van der Waals surface area contributed by atoms with Gasteiger partial charge >= 0.3 is 0 Å². The van der Waals surface area contributed by atoms with E-state index in [1.54, 1.807) is 4.90 Å². The molecule has 2 rings (SSSR count). The Morgan fingerprint density at radius 1 is 1.23 bits per heavy atom. The van der Waals surface area contributed by atoms with Crippen LogP contribution in [-0.2, 0) is 9.59 Å². The summed E-state index contributed by atoms with van der Waals surface area (Å²) >= 11 is 0. The number of rotatable bonds is 4. The molecule has 0 aromatic heterocycles. The van der Waals surface area contributed by atoms with Crippen LogP contribution in [0.3, 0.4) is 0 Å². The van der Waals surface area contributed by atoms with Gasteiger partial charge in [-0.2, -0.15) is 0 Å². The number of carbonyl (C=O) groups excluding carboxylic acids is 2. The number of aliphatic carboxylic acids is 1. The maximum Gasteiger partial charge on any atom is 0.260 e. The fraction of sp³-hybridized carbons (Fsp3) is 0.529. The second-order valence-corrected chi connectivity index (χ2v) is 5.97. The molecule has 1 aromatic rings. The minimum atomic E-state index is -1.02. The Bertz CT molecular complexity index is 574. The van der Waals surface area contributed by atoms with Crippen molar-refractivity contribution in [2.24, 2.45) is 5.92 Å². The van der Waals surface area contributed by atoms with Gasteiger partial charge in [-0.3, -0.25) is 4.79 Å². The van der Waals surface area contributed by atoms with E-state index < -0.39 is 11.9 Å². The molecule has 0 spiro atoms. The fourth-order valence-electron chi connectivity index (χ4n) is 2.75. The zero-order valence-electron chi connectivity index (χ0n) is 13.3. The van der Waals surface area contributed by atoms with Gasteiger partial charge in [0.25, 0.3) is 5.91 Å². The van der Waals surface area contributed by atoms with Gasteiger partial charge in [0, 0.05) is 25.0 Å². The van der Waals surface area contributed by atoms with Gasteiger partial charge in [0.15, 0.2) is 6.61 Å². The Balaban J connectivity index is 1.90. The van der Waals surface area contributed by atoms with Gasteiger partial charge in [0.2, 0.25) is 0 Å². The molecule has 0 bridgehead atoms. The van der Waals surface area contributed by atoms with Crippen LogP contribution in [0.5, 0.6) is 5.75 Å². The lowest BCUT2D eigenvalue weighted by molar-refractivity contribution is -0.312. The molecule has 1 aromatic carbocycles. The first kappa shape index (κ1) is 16.3. The van der Waals surface area contributed by atoms with Gasteiger partial charge in [-0.05, 0) is 56.4 Å². The monoisotopic (exact) mass is 304 g/mol. The highest BCUT2D eigenvalue weighted by molar-refractivity contribution is 5.78. The summed E-state index contributed by atoms with van der Waals surface area (Å²) in [6.07, 6.45) is 0.910. The third-order valence-electron chi connectivity index (χ3n) is 4.30. The van der Waals surface area contributed by atoms with Crippen LogP contribution >= 0.6 is 0 Å². The first-order chi connectivity index (χ1) is 10.4. The minimum absolute atomic E-state index is 0.0142. The Hall–Kier alpha value is -2.04. The molecule has 1 aliphatic heterocycles. The van der Waals surface area contributed by atoms with Crippen LogP contribution in [-0.4, -0.2) is 36.5 Å². The second kappa shape index (κ2) is 6.81. The molecule has 1 aliphatic rings. The summed E-state index contributed by atoms with van der Waals surface area (Å²) in [5, 5.41) is 10.8. The van der Waals surface area contributed by atoms with Crippen molar-refractivity contribution < 1.29 is 19.4 Å². The van der Waals surface area contributed by atoms with E-state index in [-0.39, 0.29) is 12.5 Å². The van der Waals surface area contributed by atoms with Crippen LogP contribution < -0.4 is 9.84 Å². The lowest BCUT2D eigenvalue weighted by Crippen LogP contribution is -2.45. The summed E-state index contributed by atoms with van der Waals surface area (Å²) in [5.74, 6) is -0.827. The molecule has 1 saturated heterocycles. The summed E-state index contributed by atoms with van der Waals surface area (Å²) in [4.78, 5) is 24.6. The predicted octanol–water partition coefficient (Wildman–Crippen LogP) is 0.979. The Morgan fingerprint density at radius 3 is 2.45 bits per heavy atom. The maximum atomic E-state index is 12.2. The lowest BCUT2D eigenvalue weighted by atomic mass is 9.97. The molecule has 120 valence electrons. The topological polar surface area (TPSA) is 69.7 Å². The quantitative estimate of drug-likeness (QED) is 0.831. The number of amides is 1. The fourth-order valence-corrected chi connectivity index (χ4v) is 2.75. The zero-order chi connectivity index (χ0) is 16.3. The molecule has 1 amide bonds. The van der Waals surface area contributed by atoms with Crippen molar-refractivity contribution in [3.05, 3.63) is 28.8 Å². The molecule has 0 radical (unpaired) electrons. The average molecular weight is 304 g/mol. The summed E-state index contributed by atoms with van der Waals surface area (Å²) in [5.41, 5.74) is 3.27. The Kier molecular flexibility index (Phi) is 5.06. The predicted molar refractivity (Wildman–Crippen MR) is 80.5 cm³/mol. The van der Waals surface area contributed by atoms with E-state index >= 15 is 0 Å². The summed E-state index contributed by atoms with van der Waals surface area (Å²) in [7, 11) is 0. The van der Waals surface area contributed by atoms with Crippen molar-refractivity contribution in [1.82, 2.24) is 4.90 Å². The molecule has 1 fully saturated rings. The molecule has 0 unspecified atom stereocenters. The number of hydrogen-bond acceptors (Lipinski definition) is 4. The molecule has 0 saturated carbocycles. The second-order valence-electron chi connectivity index (χ2n) is 5.97. The van der Waals surface area contributed by atoms with Crippen LogP contribution in [0, 0.1) is 26.7 Å². The van der Waals surface area contributed by atoms with Crippen molar-refractivity contribution in [2.75, 3.05) is 19.7 Å². The lowest BCUT2D eigenvalue weighted by Gasteiger charge is -2.32. The Morgan fingerprint density at radius 2 is 1.86 bits per heavy atom. The first-order valence-electron chi connectivity index (χ1n) is 7.57. The van der Waals surface area contributed by atoms with Crippen LogP contribution in [0.1, 0.15) is 29.5 Å². The van der Waals surface area contributed by atoms with E-state index in [0.717, 1.165) is 22.4 Å². The molecule has 0 aliphatic carbocycles. The first-order valence-corrected chi connectivity index (χ1v) is 7.57. The number of benzene rings is 1. The van der Waals surface area contributed by atoms with Crippen LogP contribution in [0.25, 0.3) is 0 Å². The standard InChI is InChI=1S/C17H23NO4/c1-11-8-12(2)13(3)15(9-11)22-10-16(19)18-6-4-14(5-7-18)17(20)21/h8-9,14H,4-7,10H2,1-3H3,(H,20,21)/p-1. The highest BCUT2D eigenvalue weighted by atomic mass is 16.5. The highest BCUT2D eigenvalue weighted by Crippen LogP contribution is 2.23. The van der Waals surface area contributed by atoms with E-state index in [1.807, 2.05) is 26.8 Å². The number of carboxylic acids is 1. The zero-order valence-corrected chi connectivity index (χ0v) is 13.3. The maximum absolute atomic E-state index is 12.2. The molecule has 0 N–H and O–H groups in total. The van der Waals surface area contributed by atoms with Gasteiger partial charge in [0.1, 0.15) is 5.75 Å². The third-order valence-corrected chi connectivity index (χ3v) is 4.30. The van der Waals surface area contributed by atoms with Gasteiger partial charge in [-0.15, -0.1) is 0 Å². The summed E-state index contributed by atoms with van der Waals surface area (Å²) < 4.78 is 5.67. The number of ether oxygens (including phenoxy) is 1. The highest BCUT2D eigenvalue weighted by Gasteiger charge is 2.23. The van der Waals surface area contributed by atoms with E-state index in [2.05, 4.69) is 6.07 Å². The smallest absolute Gasteiger partial charge is 0.260 e. The van der Waals surface area contributed by atoms with Gasteiger partial charge < -0.3 is 19.5 Å². The summed E-state index contributed by atoms with van der Waals surface area (Å²) in [6.45, 7) is 6.87. The molecule has 1 heterocycles. The van der Waals surface area contributed by atoms with E-state index in [0.29, 0.717) is 25.9 Å². The molecule has 22 heavy (non-hydrogen) atoms. The normalized spacial score (nSPS) is 15.7. The van der Waals surface area contributed by atoms with Gasteiger partial charge in [-0.25, -0.2) is 0 Å². The molecule has 5 heteroatoms. The SMILES string of the molecule is Cc1cc(C)c(C)c(OCC(=O)N2CCC(C(=O)[O-])CC2)c1. The van der Waals surface area contributed by atoms with Crippen LogP contribution in [0.4, 0.5) is 0 Å². The molecular formula is C17H22NO4-. The van der Waals surface area contributed by atoms with Gasteiger partial charge in [0.05, 0.1) is 0 Å². The molecule has 0 atom stereocenters. The number of hydrogen-bond donors (Lipinski definition) is 0. The van der Waals surface area contributed by atoms with Crippen molar-refractivity contribution >= 4 is 11.9 Å². The number of carbonyl (C=O) groups is 2. The van der Waals surface area contributed by atoms with Crippen LogP contribution in [0.2, 0.25) is 0 Å². The van der Waals surface area contributed by atoms with Crippen molar-refractivity contribution in [1.29, 1.82) is 0 Å². The molecule has 5 nitrogen and oxygen atoms in total. The van der Waals surface area contributed by atoms with E-state index in [4.69, 9.17) is 4.74 Å². The van der Waals surface area contributed by atoms with Crippen molar-refractivity contribution in [3.63, 3.8) is 0 Å². The third kappa shape index (κ3) is 3.78. The van der Waals surface area contributed by atoms with E-state index in [9.17, 15) is 14.7 Å². The summed E-state index contributed by atoms with van der Waals surface area (Å²) in [6, 6.07) is 4.01. The van der Waals surface area contributed by atoms with Crippen molar-refractivity contribution in [3.8, 4) is 5.75 Å². The Labute approximate surface area is 130 Å². The number of likely N-dealkylation sites (tertiary alicyclic amines) is 1. The minimum Gasteiger partial charge on any atom is -0.550 e. The number of carboxylic acid groups (broad SMARTS) is 1. The average Bonchev–Trinajstić information content (AvgIpc) is 2.49. The largest absolute Gasteiger partial charge is 0.550 e.